The van der Waals surface area contributed by atoms with Crippen molar-refractivity contribution < 1.29 is 4.74 Å². The molecular weight excluding hydrogens is 466 g/mol. The summed E-state index contributed by atoms with van der Waals surface area (Å²) in [6.07, 6.45) is 11.3. The number of piperidine rings is 1. The van der Waals surface area contributed by atoms with Crippen LogP contribution < -0.4 is 10.1 Å². The van der Waals surface area contributed by atoms with Gasteiger partial charge in [-0.2, -0.15) is 5.10 Å². The van der Waals surface area contributed by atoms with Crippen LogP contribution >= 0.6 is 0 Å². The Hall–Kier alpha value is -4.57. The monoisotopic (exact) mass is 491 g/mol. The molecule has 0 spiro atoms. The Kier molecular flexibility index (Phi) is 5.17. The molecule has 1 aliphatic rings. The first-order valence-corrected chi connectivity index (χ1v) is 12.4. The Morgan fingerprint density at radius 2 is 1.95 bits per heavy atom. The molecule has 6 aromatic rings. The summed E-state index contributed by atoms with van der Waals surface area (Å²) in [5.41, 5.74) is 6.85. The third-order valence-corrected chi connectivity index (χ3v) is 6.74. The lowest BCUT2D eigenvalue weighted by atomic mass is 10.1. The molecule has 1 aliphatic heterocycles. The smallest absolute Gasteiger partial charge is 0.147 e. The first kappa shape index (κ1) is 21.7. The quantitative estimate of drug-likeness (QED) is 0.331. The Balaban J connectivity index is 1.26. The zero-order valence-electron chi connectivity index (χ0n) is 20.3. The second kappa shape index (κ2) is 8.82. The van der Waals surface area contributed by atoms with Crippen LogP contribution in [0, 0.1) is 6.92 Å². The first-order chi connectivity index (χ1) is 18.2. The second-order valence-corrected chi connectivity index (χ2v) is 9.34. The van der Waals surface area contributed by atoms with Gasteiger partial charge in [-0.3, -0.25) is 14.6 Å². The highest BCUT2D eigenvalue weighted by Crippen LogP contribution is 2.31. The minimum absolute atomic E-state index is 0.210. The molecule has 37 heavy (non-hydrogen) atoms. The van der Waals surface area contributed by atoms with Gasteiger partial charge in [-0.1, -0.05) is 0 Å². The van der Waals surface area contributed by atoms with Crippen molar-refractivity contribution in [1.82, 2.24) is 45.0 Å². The third kappa shape index (κ3) is 4.01. The lowest BCUT2D eigenvalue weighted by Gasteiger charge is -2.23. The molecule has 0 aromatic carbocycles. The summed E-state index contributed by atoms with van der Waals surface area (Å²) in [4.78, 5) is 21.8. The van der Waals surface area contributed by atoms with Gasteiger partial charge in [-0.15, -0.1) is 0 Å². The summed E-state index contributed by atoms with van der Waals surface area (Å²) in [7, 11) is 0. The summed E-state index contributed by atoms with van der Waals surface area (Å²) in [5.74, 6) is 1.58. The van der Waals surface area contributed by atoms with Gasteiger partial charge in [0.25, 0.3) is 0 Å². The number of nitrogens with zero attached hydrogens (tertiary/aromatic N) is 6. The number of fused-ring (bicyclic) bond motifs is 2. The molecule has 7 rings (SSSR count). The molecule has 0 atom stereocenters. The van der Waals surface area contributed by atoms with E-state index < -0.39 is 0 Å². The van der Waals surface area contributed by atoms with Crippen LogP contribution in [0.1, 0.15) is 18.5 Å². The number of pyridine rings is 3. The zero-order chi connectivity index (χ0) is 24.8. The fourth-order valence-electron chi connectivity index (χ4n) is 4.89. The number of aromatic amines is 2. The SMILES string of the molecule is Cc1cn(-c2nccc3[nH]c(-c4n[nH]c5ccc(-c6cncc(OC7CCNCC7)c6)nc45)cc23)cn1. The maximum atomic E-state index is 6.20. The molecule has 1 fully saturated rings. The molecule has 10 nitrogen and oxygen atoms in total. The third-order valence-electron chi connectivity index (χ3n) is 6.74. The van der Waals surface area contributed by atoms with Gasteiger partial charge in [-0.25, -0.2) is 15.0 Å². The van der Waals surface area contributed by atoms with Crippen LogP contribution in [0.2, 0.25) is 0 Å². The van der Waals surface area contributed by atoms with Crippen molar-refractivity contribution in [3.8, 4) is 34.2 Å². The summed E-state index contributed by atoms with van der Waals surface area (Å²) in [5, 5.41) is 12.1. The van der Waals surface area contributed by atoms with Gasteiger partial charge < -0.3 is 15.0 Å². The van der Waals surface area contributed by atoms with E-state index in [0.29, 0.717) is 0 Å². The van der Waals surface area contributed by atoms with Crippen molar-refractivity contribution in [1.29, 1.82) is 0 Å². The number of hydrogen-bond donors (Lipinski definition) is 3. The fraction of sp³-hybridized carbons (Fsp3) is 0.222. The molecule has 3 N–H and O–H groups in total. The maximum Gasteiger partial charge on any atom is 0.147 e. The van der Waals surface area contributed by atoms with Crippen molar-refractivity contribution in [2.24, 2.45) is 0 Å². The van der Waals surface area contributed by atoms with E-state index in [1.165, 1.54) is 0 Å². The first-order valence-electron chi connectivity index (χ1n) is 12.4. The zero-order valence-corrected chi connectivity index (χ0v) is 20.3. The van der Waals surface area contributed by atoms with Crippen LogP contribution in [0.5, 0.6) is 5.75 Å². The highest BCUT2D eigenvalue weighted by atomic mass is 16.5. The molecule has 0 unspecified atom stereocenters. The predicted octanol–water partition coefficient (Wildman–Crippen LogP) is 4.19. The van der Waals surface area contributed by atoms with Crippen LogP contribution in [0.4, 0.5) is 0 Å². The number of ether oxygens (including phenoxy) is 1. The lowest BCUT2D eigenvalue weighted by Crippen LogP contribution is -2.34. The molecule has 10 heteroatoms. The number of nitrogens with one attached hydrogen (secondary N) is 3. The van der Waals surface area contributed by atoms with E-state index in [2.05, 4.69) is 41.5 Å². The molecule has 6 aromatic heterocycles. The largest absolute Gasteiger partial charge is 0.489 e. The molecule has 1 saturated heterocycles. The minimum atomic E-state index is 0.210. The second-order valence-electron chi connectivity index (χ2n) is 9.34. The molecule has 7 heterocycles. The molecule has 0 amide bonds. The highest BCUT2D eigenvalue weighted by Gasteiger charge is 2.17. The number of H-pyrrole nitrogens is 2. The average molecular weight is 492 g/mol. The van der Waals surface area contributed by atoms with Crippen molar-refractivity contribution in [2.75, 3.05) is 13.1 Å². The number of rotatable bonds is 5. The fourth-order valence-corrected chi connectivity index (χ4v) is 4.89. The molecule has 0 radical (unpaired) electrons. The predicted molar refractivity (Wildman–Crippen MR) is 141 cm³/mol. The Bertz CT molecular complexity index is 1720. The normalized spacial score (nSPS) is 14.5. The number of aromatic nitrogens is 8. The summed E-state index contributed by atoms with van der Waals surface area (Å²) < 4.78 is 8.13. The van der Waals surface area contributed by atoms with Crippen molar-refractivity contribution in [3.05, 3.63) is 67.1 Å². The number of imidazole rings is 1. The molecular formula is C27H25N9O. The van der Waals surface area contributed by atoms with E-state index in [-0.39, 0.29) is 6.10 Å². The maximum absolute atomic E-state index is 6.20. The molecule has 0 aliphatic carbocycles. The highest BCUT2D eigenvalue weighted by molar-refractivity contribution is 5.96. The van der Waals surface area contributed by atoms with Crippen molar-refractivity contribution in [2.45, 2.75) is 25.9 Å². The van der Waals surface area contributed by atoms with E-state index in [1.54, 1.807) is 18.7 Å². The van der Waals surface area contributed by atoms with E-state index in [9.17, 15) is 0 Å². The molecule has 0 bridgehead atoms. The van der Waals surface area contributed by atoms with Gasteiger partial charge in [0, 0.05) is 29.5 Å². The lowest BCUT2D eigenvalue weighted by molar-refractivity contribution is 0.162. The number of aryl methyl sites for hydroxylation is 1. The van der Waals surface area contributed by atoms with Gasteiger partial charge in [0.1, 0.15) is 35.2 Å². The van der Waals surface area contributed by atoms with Gasteiger partial charge in [0.15, 0.2) is 0 Å². The summed E-state index contributed by atoms with van der Waals surface area (Å²) >= 11 is 0. The summed E-state index contributed by atoms with van der Waals surface area (Å²) in [6, 6.07) is 10.0. The van der Waals surface area contributed by atoms with Gasteiger partial charge >= 0.3 is 0 Å². The average Bonchev–Trinajstić information content (AvgIpc) is 3.66. The molecule has 184 valence electrons. The summed E-state index contributed by atoms with van der Waals surface area (Å²) in [6.45, 7) is 3.92. The minimum Gasteiger partial charge on any atom is -0.489 e. The van der Waals surface area contributed by atoms with E-state index in [0.717, 1.165) is 87.8 Å². The van der Waals surface area contributed by atoms with Gasteiger partial charge in [0.05, 0.1) is 34.3 Å². The standard InChI is InChI=1S/C27H25N9O/c1-16-14-36(15-31-16)27-20-11-24(32-22(20)6-9-30-27)26-25-23(34-35-26)3-2-21(33-25)17-10-19(13-29-12-17)37-18-4-7-28-8-5-18/h2-3,6,9-15,18,28,32H,4-5,7-8H2,1H3,(H,34,35). The Morgan fingerprint density at radius 1 is 1.03 bits per heavy atom. The number of hydrogen-bond acceptors (Lipinski definition) is 7. The van der Waals surface area contributed by atoms with E-state index >= 15 is 0 Å². The van der Waals surface area contributed by atoms with Crippen LogP contribution in [-0.2, 0) is 0 Å². The van der Waals surface area contributed by atoms with Crippen LogP contribution in [-0.4, -0.2) is 58.9 Å². The van der Waals surface area contributed by atoms with Gasteiger partial charge in [-0.05, 0) is 63.2 Å². The van der Waals surface area contributed by atoms with E-state index in [1.807, 2.05) is 48.1 Å². The van der Waals surface area contributed by atoms with Crippen LogP contribution in [0.15, 0.2) is 61.4 Å². The van der Waals surface area contributed by atoms with Crippen LogP contribution in [0.25, 0.3) is 50.4 Å². The van der Waals surface area contributed by atoms with Crippen molar-refractivity contribution in [3.63, 3.8) is 0 Å². The van der Waals surface area contributed by atoms with E-state index in [4.69, 9.17) is 9.72 Å². The van der Waals surface area contributed by atoms with Crippen molar-refractivity contribution >= 4 is 21.9 Å². The van der Waals surface area contributed by atoms with Gasteiger partial charge in [0.2, 0.25) is 0 Å². The Morgan fingerprint density at radius 3 is 2.81 bits per heavy atom. The van der Waals surface area contributed by atoms with Crippen LogP contribution in [0.3, 0.4) is 0 Å². The Labute approximate surface area is 212 Å². The molecule has 0 saturated carbocycles. The topological polar surface area (TPSA) is 122 Å².